The van der Waals surface area contributed by atoms with Crippen molar-refractivity contribution in [2.75, 3.05) is 19.7 Å². The Morgan fingerprint density at radius 3 is 2.29 bits per heavy atom. The molecule has 1 amide bonds. The molecule has 0 spiro atoms. The molecule has 0 aliphatic rings. The van der Waals surface area contributed by atoms with Gasteiger partial charge in [0.15, 0.2) is 0 Å². The van der Waals surface area contributed by atoms with Crippen molar-refractivity contribution in [2.45, 2.75) is 33.1 Å². The average molecular weight is 248 g/mol. The van der Waals surface area contributed by atoms with E-state index in [0.29, 0.717) is 0 Å². The summed E-state index contributed by atoms with van der Waals surface area (Å²) in [6.45, 7) is 2.02. The van der Waals surface area contributed by atoms with Gasteiger partial charge >= 0.3 is 0 Å². The van der Waals surface area contributed by atoms with Crippen LogP contribution in [-0.4, -0.2) is 42.0 Å². The van der Waals surface area contributed by atoms with Crippen molar-refractivity contribution in [1.29, 1.82) is 5.26 Å². The summed E-state index contributed by atoms with van der Waals surface area (Å²) in [6.07, 6.45) is -2.14. The molecule has 0 aliphatic heterocycles. The van der Waals surface area contributed by atoms with Gasteiger partial charge in [0.1, 0.15) is 5.41 Å². The summed E-state index contributed by atoms with van der Waals surface area (Å²) in [5.41, 5.74) is -1.26. The van der Waals surface area contributed by atoms with Crippen LogP contribution in [0, 0.1) is 16.7 Å². The molecule has 0 unspecified atom stereocenters. The molecule has 0 aromatic heterocycles. The van der Waals surface area contributed by atoms with Crippen LogP contribution in [0.2, 0.25) is 0 Å². The van der Waals surface area contributed by atoms with E-state index in [2.05, 4.69) is 0 Å². The van der Waals surface area contributed by atoms with Crippen LogP contribution in [-0.2, 0) is 4.79 Å². The zero-order valence-electron chi connectivity index (χ0n) is 10.1. The number of nitriles is 1. The molecule has 0 aromatic rings. The fraction of sp³-hybridized carbons (Fsp3) is 0.818. The Morgan fingerprint density at radius 1 is 1.47 bits per heavy atom. The van der Waals surface area contributed by atoms with Crippen LogP contribution in [0.5, 0.6) is 0 Å². The van der Waals surface area contributed by atoms with Crippen molar-refractivity contribution in [3.8, 4) is 6.07 Å². The van der Waals surface area contributed by atoms with Crippen LogP contribution in [0.3, 0.4) is 0 Å². The van der Waals surface area contributed by atoms with Gasteiger partial charge in [-0.3, -0.25) is 4.79 Å². The third kappa shape index (κ3) is 3.93. The predicted octanol–water partition coefficient (Wildman–Crippen LogP) is 1.40. The second-order valence-corrected chi connectivity index (χ2v) is 3.77. The van der Waals surface area contributed by atoms with Crippen LogP contribution in [0.25, 0.3) is 0 Å². The lowest BCUT2D eigenvalue weighted by Crippen LogP contribution is -2.46. The molecule has 0 bridgehead atoms. The minimum Gasteiger partial charge on any atom is -0.395 e. The SMILES string of the molecule is CCC(C#N)(CC)C(=O)N(CCO)CC(F)F. The van der Waals surface area contributed by atoms with Crippen LogP contribution in [0.1, 0.15) is 26.7 Å². The van der Waals surface area contributed by atoms with Gasteiger partial charge in [0.05, 0.1) is 19.2 Å². The Kier molecular flexibility index (Phi) is 6.66. The number of halogens is 2. The zero-order chi connectivity index (χ0) is 13.5. The zero-order valence-corrected chi connectivity index (χ0v) is 10.1. The van der Waals surface area contributed by atoms with Crippen LogP contribution < -0.4 is 0 Å². The van der Waals surface area contributed by atoms with Gasteiger partial charge in [-0.2, -0.15) is 5.26 Å². The summed E-state index contributed by atoms with van der Waals surface area (Å²) in [6, 6.07) is 1.91. The van der Waals surface area contributed by atoms with Gasteiger partial charge < -0.3 is 10.0 Å². The van der Waals surface area contributed by atoms with Crippen LogP contribution >= 0.6 is 0 Å². The normalized spacial score (nSPS) is 11.4. The number of aliphatic hydroxyl groups excluding tert-OH is 1. The van der Waals surface area contributed by atoms with E-state index in [9.17, 15) is 13.6 Å². The molecule has 98 valence electrons. The molecule has 0 radical (unpaired) electrons. The Morgan fingerprint density at radius 2 is 2.00 bits per heavy atom. The number of carbonyl (C=O) groups is 1. The first-order valence-corrected chi connectivity index (χ1v) is 5.57. The Hall–Kier alpha value is -1.22. The molecule has 0 aromatic carbocycles. The number of aliphatic hydroxyl groups is 1. The number of rotatable bonds is 7. The average Bonchev–Trinajstić information content (AvgIpc) is 2.30. The first-order chi connectivity index (χ1) is 7.97. The minimum atomic E-state index is -2.67. The lowest BCUT2D eigenvalue weighted by molar-refractivity contribution is -0.142. The smallest absolute Gasteiger partial charge is 0.255 e. The lowest BCUT2D eigenvalue weighted by atomic mass is 9.82. The van der Waals surface area contributed by atoms with E-state index in [1.165, 1.54) is 0 Å². The lowest BCUT2D eigenvalue weighted by Gasteiger charge is -2.30. The predicted molar refractivity (Wildman–Crippen MR) is 58.3 cm³/mol. The summed E-state index contributed by atoms with van der Waals surface area (Å²) in [5, 5.41) is 17.8. The minimum absolute atomic E-state index is 0.174. The number of hydrogen-bond acceptors (Lipinski definition) is 3. The highest BCUT2D eigenvalue weighted by molar-refractivity contribution is 5.85. The first-order valence-electron chi connectivity index (χ1n) is 5.57. The molecular formula is C11H18F2N2O2. The molecule has 0 saturated carbocycles. The molecule has 0 rings (SSSR count). The molecule has 0 heterocycles. The Labute approximate surface area is 99.8 Å². The fourth-order valence-electron chi connectivity index (χ4n) is 1.62. The van der Waals surface area contributed by atoms with Crippen molar-refractivity contribution in [3.05, 3.63) is 0 Å². The number of nitrogens with zero attached hydrogens (tertiary/aromatic N) is 2. The highest BCUT2D eigenvalue weighted by Gasteiger charge is 2.38. The molecule has 0 atom stereocenters. The maximum absolute atomic E-state index is 12.3. The first kappa shape index (κ1) is 15.8. The van der Waals surface area contributed by atoms with E-state index in [0.717, 1.165) is 4.90 Å². The quantitative estimate of drug-likeness (QED) is 0.740. The van der Waals surface area contributed by atoms with Gasteiger partial charge in [-0.15, -0.1) is 0 Å². The van der Waals surface area contributed by atoms with E-state index in [4.69, 9.17) is 10.4 Å². The van der Waals surface area contributed by atoms with Gasteiger partial charge in [-0.05, 0) is 12.8 Å². The van der Waals surface area contributed by atoms with Crippen molar-refractivity contribution in [2.24, 2.45) is 5.41 Å². The summed E-state index contributed by atoms with van der Waals surface area (Å²) < 4.78 is 24.6. The number of amides is 1. The largest absolute Gasteiger partial charge is 0.395 e. The molecule has 1 N–H and O–H groups in total. The Balaban J connectivity index is 4.98. The summed E-state index contributed by atoms with van der Waals surface area (Å²) in [7, 11) is 0. The molecule has 17 heavy (non-hydrogen) atoms. The third-order valence-corrected chi connectivity index (χ3v) is 2.85. The van der Waals surface area contributed by atoms with Crippen molar-refractivity contribution >= 4 is 5.91 Å². The molecule has 0 aliphatic carbocycles. The van der Waals surface area contributed by atoms with E-state index in [-0.39, 0.29) is 19.4 Å². The molecule has 4 nitrogen and oxygen atoms in total. The van der Waals surface area contributed by atoms with Gasteiger partial charge in [0.25, 0.3) is 6.43 Å². The van der Waals surface area contributed by atoms with Crippen molar-refractivity contribution < 1.29 is 18.7 Å². The molecule has 6 heteroatoms. The topological polar surface area (TPSA) is 64.3 Å². The number of carbonyl (C=O) groups excluding carboxylic acids is 1. The maximum atomic E-state index is 12.3. The number of hydrogen-bond donors (Lipinski definition) is 1. The standard InChI is InChI=1S/C11H18F2N2O2/c1-3-11(4-2,8-14)10(17)15(5-6-16)7-9(12)13/h9,16H,3-7H2,1-2H3. The molecule has 0 fully saturated rings. The second kappa shape index (κ2) is 7.17. The summed E-state index contributed by atoms with van der Waals surface area (Å²) in [4.78, 5) is 12.9. The van der Waals surface area contributed by atoms with E-state index >= 15 is 0 Å². The van der Waals surface area contributed by atoms with Crippen molar-refractivity contribution in [1.82, 2.24) is 4.90 Å². The number of alkyl halides is 2. The molecule has 0 saturated heterocycles. The van der Waals surface area contributed by atoms with Crippen molar-refractivity contribution in [3.63, 3.8) is 0 Å². The van der Waals surface area contributed by atoms with Gasteiger partial charge in [0.2, 0.25) is 5.91 Å². The third-order valence-electron chi connectivity index (χ3n) is 2.85. The fourth-order valence-corrected chi connectivity index (χ4v) is 1.62. The van der Waals surface area contributed by atoms with Gasteiger partial charge in [-0.25, -0.2) is 8.78 Å². The monoisotopic (exact) mass is 248 g/mol. The maximum Gasteiger partial charge on any atom is 0.255 e. The van der Waals surface area contributed by atoms with Crippen LogP contribution in [0.15, 0.2) is 0 Å². The van der Waals surface area contributed by atoms with Gasteiger partial charge in [0, 0.05) is 6.54 Å². The van der Waals surface area contributed by atoms with E-state index in [1.807, 2.05) is 6.07 Å². The van der Waals surface area contributed by atoms with E-state index in [1.54, 1.807) is 13.8 Å². The highest BCUT2D eigenvalue weighted by atomic mass is 19.3. The molecular weight excluding hydrogens is 230 g/mol. The van der Waals surface area contributed by atoms with Crippen LogP contribution in [0.4, 0.5) is 8.78 Å². The summed E-state index contributed by atoms with van der Waals surface area (Å²) in [5.74, 6) is -0.626. The highest BCUT2D eigenvalue weighted by Crippen LogP contribution is 2.28. The Bertz CT molecular complexity index is 286. The van der Waals surface area contributed by atoms with E-state index < -0.39 is 30.9 Å². The van der Waals surface area contributed by atoms with Gasteiger partial charge in [-0.1, -0.05) is 13.8 Å². The second-order valence-electron chi connectivity index (χ2n) is 3.77. The summed E-state index contributed by atoms with van der Waals surface area (Å²) >= 11 is 0.